The molecule has 13 nitrogen and oxygen atoms in total. The Hall–Kier alpha value is -5.04. The molecule has 0 bridgehead atoms. The highest BCUT2D eigenvalue weighted by Crippen LogP contribution is 2.20. The molecule has 0 radical (unpaired) electrons. The van der Waals surface area contributed by atoms with Gasteiger partial charge < -0.3 is 31.8 Å². The van der Waals surface area contributed by atoms with Crippen molar-refractivity contribution in [3.63, 3.8) is 0 Å². The van der Waals surface area contributed by atoms with Crippen LogP contribution in [-0.4, -0.2) is 65.7 Å². The fourth-order valence-corrected chi connectivity index (χ4v) is 5.25. The number of rotatable bonds is 11. The quantitative estimate of drug-likeness (QED) is 0.0889. The van der Waals surface area contributed by atoms with Crippen molar-refractivity contribution in [1.82, 2.24) is 15.5 Å². The number of carbonyl (C=O) groups excluding carboxylic acids is 4. The first-order chi connectivity index (χ1) is 21.0. The standard InChI is InChI=1S/C31H37N7O6/c1-18-15-26(39)44-25-17-20(11-12-21(18)25)27(40)37-28(41)23(9-5-13-35-31(33)34)36-29(42)24-10-6-14-38(24)30(43)22(32)16-19-7-3-2-4-8-19/h2-4,7-8,11-12,15,17,22-24H,5-6,9-10,13-14,16,32H2,1H3,(H,36,42)(H4,33,34,35)(H,37,40,41)/t22-,23-,24-/m0/s1. The van der Waals surface area contributed by atoms with E-state index in [-0.39, 0.29) is 36.0 Å². The van der Waals surface area contributed by atoms with Crippen LogP contribution in [0.15, 0.2) is 68.8 Å². The monoisotopic (exact) mass is 603 g/mol. The van der Waals surface area contributed by atoms with E-state index in [0.29, 0.717) is 43.2 Å². The average molecular weight is 604 g/mol. The first-order valence-corrected chi connectivity index (χ1v) is 14.4. The highest BCUT2D eigenvalue weighted by atomic mass is 16.4. The number of fused-ring (bicyclic) bond motifs is 1. The van der Waals surface area contributed by atoms with Gasteiger partial charge in [-0.3, -0.25) is 29.5 Å². The molecular formula is C31H37N7O6. The second-order valence-electron chi connectivity index (χ2n) is 10.8. The summed E-state index contributed by atoms with van der Waals surface area (Å²) in [4.78, 5) is 70.1. The summed E-state index contributed by atoms with van der Waals surface area (Å²) in [7, 11) is 0. The zero-order valence-electron chi connectivity index (χ0n) is 24.5. The SMILES string of the molecule is Cc1cc(=O)oc2cc(C(=O)NC(=O)[C@H](CCCN=C(N)N)NC(=O)[C@@H]3CCCN3C(=O)[C@@H](N)Cc3ccccc3)ccc12. The molecule has 232 valence electrons. The molecular weight excluding hydrogens is 566 g/mol. The summed E-state index contributed by atoms with van der Waals surface area (Å²) in [5.41, 5.74) is 18.3. The van der Waals surface area contributed by atoms with Crippen LogP contribution in [0.5, 0.6) is 0 Å². The third-order valence-corrected chi connectivity index (χ3v) is 7.48. The lowest BCUT2D eigenvalue weighted by Crippen LogP contribution is -2.56. The van der Waals surface area contributed by atoms with Crippen molar-refractivity contribution in [2.75, 3.05) is 13.1 Å². The highest BCUT2D eigenvalue weighted by molar-refractivity contribution is 6.08. The number of benzene rings is 2. The van der Waals surface area contributed by atoms with E-state index < -0.39 is 41.5 Å². The van der Waals surface area contributed by atoms with E-state index in [0.717, 1.165) is 5.56 Å². The van der Waals surface area contributed by atoms with Gasteiger partial charge in [-0.1, -0.05) is 36.4 Å². The van der Waals surface area contributed by atoms with Crippen LogP contribution in [0.1, 0.15) is 47.2 Å². The van der Waals surface area contributed by atoms with E-state index in [4.69, 9.17) is 21.6 Å². The summed E-state index contributed by atoms with van der Waals surface area (Å²) in [6.45, 7) is 2.30. The maximum absolute atomic E-state index is 13.4. The van der Waals surface area contributed by atoms with Crippen LogP contribution in [-0.2, 0) is 20.8 Å². The van der Waals surface area contributed by atoms with Crippen molar-refractivity contribution in [1.29, 1.82) is 0 Å². The minimum Gasteiger partial charge on any atom is -0.423 e. The summed E-state index contributed by atoms with van der Waals surface area (Å²) in [5, 5.41) is 5.68. The molecule has 0 unspecified atom stereocenters. The Morgan fingerprint density at radius 2 is 1.84 bits per heavy atom. The molecule has 44 heavy (non-hydrogen) atoms. The lowest BCUT2D eigenvalue weighted by molar-refractivity contribution is -0.140. The van der Waals surface area contributed by atoms with Gasteiger partial charge in [-0.2, -0.15) is 0 Å². The first-order valence-electron chi connectivity index (χ1n) is 14.4. The first kappa shape index (κ1) is 31.9. The molecule has 4 rings (SSSR count). The molecule has 3 aromatic rings. The van der Waals surface area contributed by atoms with Crippen LogP contribution in [0.2, 0.25) is 0 Å². The fourth-order valence-electron chi connectivity index (χ4n) is 5.25. The number of nitrogens with zero attached hydrogens (tertiary/aromatic N) is 2. The molecule has 1 aliphatic rings. The largest absolute Gasteiger partial charge is 0.423 e. The number of hydrogen-bond acceptors (Lipinski definition) is 8. The predicted molar refractivity (Wildman–Crippen MR) is 164 cm³/mol. The summed E-state index contributed by atoms with van der Waals surface area (Å²) in [6.07, 6.45) is 1.75. The zero-order valence-corrected chi connectivity index (χ0v) is 24.5. The number of aliphatic imine (C=N–C) groups is 1. The number of guanidine groups is 1. The molecule has 0 aliphatic carbocycles. The molecule has 1 fully saturated rings. The maximum atomic E-state index is 13.4. The van der Waals surface area contributed by atoms with E-state index in [1.165, 1.54) is 23.1 Å². The summed E-state index contributed by atoms with van der Waals surface area (Å²) in [6, 6.07) is 12.4. The Kier molecular flexibility index (Phi) is 10.5. The topological polar surface area (TPSA) is 216 Å². The number of amides is 4. The Morgan fingerprint density at radius 3 is 2.57 bits per heavy atom. The fraction of sp³-hybridized carbons (Fsp3) is 0.355. The number of carbonyl (C=O) groups is 4. The van der Waals surface area contributed by atoms with Gasteiger partial charge in [0.2, 0.25) is 17.7 Å². The number of likely N-dealkylation sites (tertiary alicyclic amines) is 1. The average Bonchev–Trinajstić information content (AvgIpc) is 3.48. The van der Waals surface area contributed by atoms with Crippen molar-refractivity contribution >= 4 is 40.6 Å². The smallest absolute Gasteiger partial charge is 0.336 e. The van der Waals surface area contributed by atoms with Gasteiger partial charge in [0, 0.05) is 30.1 Å². The molecule has 1 saturated heterocycles. The molecule has 1 aliphatic heterocycles. The van der Waals surface area contributed by atoms with Gasteiger partial charge >= 0.3 is 5.63 Å². The minimum atomic E-state index is -1.13. The Labute approximate surface area is 253 Å². The third kappa shape index (κ3) is 8.07. The van der Waals surface area contributed by atoms with Crippen LogP contribution in [0, 0.1) is 6.92 Å². The van der Waals surface area contributed by atoms with Crippen molar-refractivity contribution in [2.45, 2.75) is 57.2 Å². The van der Waals surface area contributed by atoms with E-state index in [1.807, 2.05) is 30.3 Å². The molecule has 4 amide bonds. The number of imide groups is 1. The summed E-state index contributed by atoms with van der Waals surface area (Å²) < 4.78 is 5.21. The Bertz CT molecular complexity index is 1620. The van der Waals surface area contributed by atoms with Gasteiger partial charge in [-0.25, -0.2) is 4.79 Å². The molecule has 2 aromatic carbocycles. The molecule has 2 heterocycles. The molecule has 13 heteroatoms. The zero-order chi connectivity index (χ0) is 31.8. The van der Waals surface area contributed by atoms with Crippen molar-refractivity contribution in [2.24, 2.45) is 22.2 Å². The van der Waals surface area contributed by atoms with Crippen LogP contribution < -0.4 is 33.5 Å². The number of nitrogens with two attached hydrogens (primary N) is 3. The van der Waals surface area contributed by atoms with Crippen LogP contribution >= 0.6 is 0 Å². The predicted octanol–water partition coefficient (Wildman–Crippen LogP) is 0.457. The van der Waals surface area contributed by atoms with Gasteiger partial charge in [0.15, 0.2) is 5.96 Å². The lowest BCUT2D eigenvalue weighted by atomic mass is 10.0. The van der Waals surface area contributed by atoms with Gasteiger partial charge in [-0.05, 0) is 62.3 Å². The van der Waals surface area contributed by atoms with Crippen molar-refractivity contribution < 1.29 is 23.6 Å². The van der Waals surface area contributed by atoms with Crippen LogP contribution in [0.4, 0.5) is 0 Å². The normalized spacial score (nSPS) is 15.8. The van der Waals surface area contributed by atoms with Gasteiger partial charge in [0.25, 0.3) is 5.91 Å². The second-order valence-corrected chi connectivity index (χ2v) is 10.8. The van der Waals surface area contributed by atoms with Crippen LogP contribution in [0.3, 0.4) is 0 Å². The van der Waals surface area contributed by atoms with Crippen molar-refractivity contribution in [3.8, 4) is 0 Å². The minimum absolute atomic E-state index is 0.0881. The molecule has 3 atom stereocenters. The lowest BCUT2D eigenvalue weighted by Gasteiger charge is -2.28. The van der Waals surface area contributed by atoms with Gasteiger partial charge in [0.05, 0.1) is 6.04 Å². The number of nitrogens with one attached hydrogen (secondary N) is 2. The Morgan fingerprint density at radius 1 is 1.09 bits per heavy atom. The van der Waals surface area contributed by atoms with E-state index in [9.17, 15) is 24.0 Å². The molecule has 1 aromatic heterocycles. The molecule has 0 saturated carbocycles. The highest BCUT2D eigenvalue weighted by Gasteiger charge is 2.37. The van der Waals surface area contributed by atoms with Gasteiger partial charge in [0.1, 0.15) is 17.7 Å². The molecule has 8 N–H and O–H groups in total. The van der Waals surface area contributed by atoms with Crippen LogP contribution in [0.25, 0.3) is 11.0 Å². The Balaban J connectivity index is 1.46. The van der Waals surface area contributed by atoms with Gasteiger partial charge in [-0.15, -0.1) is 0 Å². The van der Waals surface area contributed by atoms with E-state index in [1.54, 1.807) is 13.0 Å². The maximum Gasteiger partial charge on any atom is 0.336 e. The van der Waals surface area contributed by atoms with E-state index >= 15 is 0 Å². The second kappa shape index (κ2) is 14.4. The number of hydrogen-bond donors (Lipinski definition) is 5. The summed E-state index contributed by atoms with van der Waals surface area (Å²) >= 11 is 0. The number of aryl methyl sites for hydroxylation is 1. The van der Waals surface area contributed by atoms with E-state index in [2.05, 4.69) is 15.6 Å². The molecule has 0 spiro atoms. The summed E-state index contributed by atoms with van der Waals surface area (Å²) in [5.74, 6) is -2.49. The van der Waals surface area contributed by atoms with Crippen molar-refractivity contribution in [3.05, 3.63) is 81.7 Å². The third-order valence-electron chi connectivity index (χ3n) is 7.48.